The van der Waals surface area contributed by atoms with Crippen LogP contribution >= 0.6 is 11.8 Å². The van der Waals surface area contributed by atoms with E-state index < -0.39 is 0 Å². The summed E-state index contributed by atoms with van der Waals surface area (Å²) in [5.41, 5.74) is 4.37. The number of anilines is 1. The van der Waals surface area contributed by atoms with E-state index in [-0.39, 0.29) is 11.7 Å². The van der Waals surface area contributed by atoms with Crippen molar-refractivity contribution in [1.82, 2.24) is 14.8 Å². The lowest BCUT2D eigenvalue weighted by molar-refractivity contribution is -0.113. The van der Waals surface area contributed by atoms with Gasteiger partial charge in [-0.3, -0.25) is 4.79 Å². The van der Waals surface area contributed by atoms with Crippen molar-refractivity contribution in [3.63, 3.8) is 0 Å². The fourth-order valence-corrected chi connectivity index (χ4v) is 3.99. The molecule has 0 fully saturated rings. The van der Waals surface area contributed by atoms with Gasteiger partial charge in [-0.2, -0.15) is 0 Å². The highest BCUT2D eigenvalue weighted by molar-refractivity contribution is 7.99. The molecule has 0 atom stereocenters. The van der Waals surface area contributed by atoms with Gasteiger partial charge in [0.2, 0.25) is 5.91 Å². The molecule has 0 aliphatic heterocycles. The minimum atomic E-state index is -0.0667. The number of rotatable bonds is 9. The largest absolute Gasteiger partial charge is 0.486 e. The monoisotopic (exact) mass is 424 g/mol. The Morgan fingerprint density at radius 3 is 2.40 bits per heavy atom. The van der Waals surface area contributed by atoms with Gasteiger partial charge in [-0.05, 0) is 68.1 Å². The first-order chi connectivity index (χ1) is 14.5. The number of carbonyl (C=O) groups is 1. The average molecular weight is 425 g/mol. The Labute approximate surface area is 182 Å². The number of nitrogens with one attached hydrogen (secondary N) is 1. The molecule has 3 aromatic rings. The maximum absolute atomic E-state index is 12.3. The highest BCUT2D eigenvalue weighted by Crippen LogP contribution is 2.21. The van der Waals surface area contributed by atoms with Gasteiger partial charge in [0, 0.05) is 12.2 Å². The summed E-state index contributed by atoms with van der Waals surface area (Å²) in [4.78, 5) is 12.3. The second-order valence-electron chi connectivity index (χ2n) is 7.14. The Bertz CT molecular complexity index is 979. The molecule has 0 saturated heterocycles. The molecule has 6 nitrogen and oxygen atoms in total. The molecule has 2 aromatic carbocycles. The first-order valence-corrected chi connectivity index (χ1v) is 11.1. The Hall–Kier alpha value is -2.80. The second kappa shape index (κ2) is 10.3. The van der Waals surface area contributed by atoms with Crippen LogP contribution in [-0.2, 0) is 24.4 Å². The maximum atomic E-state index is 12.3. The zero-order valence-electron chi connectivity index (χ0n) is 17.9. The Morgan fingerprint density at radius 1 is 1.07 bits per heavy atom. The van der Waals surface area contributed by atoms with Crippen LogP contribution in [0.5, 0.6) is 5.75 Å². The van der Waals surface area contributed by atoms with Crippen molar-refractivity contribution in [2.24, 2.45) is 0 Å². The van der Waals surface area contributed by atoms with Crippen LogP contribution in [-0.4, -0.2) is 26.4 Å². The smallest absolute Gasteiger partial charge is 0.234 e. The van der Waals surface area contributed by atoms with Gasteiger partial charge in [0.15, 0.2) is 11.0 Å². The second-order valence-corrected chi connectivity index (χ2v) is 8.08. The lowest BCUT2D eigenvalue weighted by Crippen LogP contribution is -2.15. The summed E-state index contributed by atoms with van der Waals surface area (Å²) in [6.07, 6.45) is 0.978. The molecule has 0 saturated carbocycles. The molecule has 1 heterocycles. The van der Waals surface area contributed by atoms with E-state index in [0.717, 1.165) is 34.8 Å². The highest BCUT2D eigenvalue weighted by atomic mass is 32.2. The molecule has 0 aliphatic carbocycles. The number of benzene rings is 2. The topological polar surface area (TPSA) is 69.0 Å². The van der Waals surface area contributed by atoms with Crippen molar-refractivity contribution >= 4 is 23.4 Å². The standard InChI is InChI=1S/C23H28N4O2S/c1-5-18-7-9-19(10-8-18)24-22(28)15-30-23-26-25-21(27(23)6-2)14-29-20-12-16(3)11-17(4)13-20/h7-13H,5-6,14-15H2,1-4H3,(H,24,28). The van der Waals surface area contributed by atoms with Crippen LogP contribution in [0.15, 0.2) is 47.6 Å². The number of aromatic nitrogens is 3. The molecular weight excluding hydrogens is 396 g/mol. The number of amides is 1. The average Bonchev–Trinajstić information content (AvgIpc) is 3.12. The van der Waals surface area contributed by atoms with Crippen LogP contribution in [0.3, 0.4) is 0 Å². The van der Waals surface area contributed by atoms with Gasteiger partial charge in [0.25, 0.3) is 0 Å². The zero-order valence-corrected chi connectivity index (χ0v) is 18.8. The first kappa shape index (κ1) is 21.9. The number of carbonyl (C=O) groups excluding carboxylic acids is 1. The quantitative estimate of drug-likeness (QED) is 0.500. The summed E-state index contributed by atoms with van der Waals surface area (Å²) in [5.74, 6) is 1.77. The van der Waals surface area contributed by atoms with E-state index in [0.29, 0.717) is 18.3 Å². The van der Waals surface area contributed by atoms with E-state index in [1.807, 2.05) is 61.7 Å². The normalized spacial score (nSPS) is 10.8. The van der Waals surface area contributed by atoms with Crippen LogP contribution in [0.4, 0.5) is 5.69 Å². The minimum Gasteiger partial charge on any atom is -0.486 e. The van der Waals surface area contributed by atoms with Gasteiger partial charge in [0.05, 0.1) is 5.75 Å². The number of aryl methyl sites for hydroxylation is 3. The predicted molar refractivity (Wildman–Crippen MR) is 121 cm³/mol. The van der Waals surface area contributed by atoms with Gasteiger partial charge >= 0.3 is 0 Å². The Kier molecular flexibility index (Phi) is 7.52. The molecular formula is C23H28N4O2S. The number of ether oxygens (including phenoxy) is 1. The van der Waals surface area contributed by atoms with E-state index in [1.54, 1.807) is 0 Å². The summed E-state index contributed by atoms with van der Waals surface area (Å²) in [6, 6.07) is 14.0. The molecule has 0 unspecified atom stereocenters. The summed E-state index contributed by atoms with van der Waals surface area (Å²) in [7, 11) is 0. The van der Waals surface area contributed by atoms with Crippen molar-refractivity contribution in [3.8, 4) is 5.75 Å². The molecule has 0 radical (unpaired) electrons. The van der Waals surface area contributed by atoms with Crippen molar-refractivity contribution < 1.29 is 9.53 Å². The van der Waals surface area contributed by atoms with Crippen LogP contribution < -0.4 is 10.1 Å². The maximum Gasteiger partial charge on any atom is 0.234 e. The molecule has 0 bridgehead atoms. The summed E-state index contributed by atoms with van der Waals surface area (Å²) in [6.45, 7) is 9.28. The molecule has 0 aliphatic rings. The molecule has 30 heavy (non-hydrogen) atoms. The van der Waals surface area contributed by atoms with Gasteiger partial charge in [-0.25, -0.2) is 0 Å². The number of hydrogen-bond acceptors (Lipinski definition) is 5. The summed E-state index contributed by atoms with van der Waals surface area (Å²) < 4.78 is 7.90. The highest BCUT2D eigenvalue weighted by Gasteiger charge is 2.14. The minimum absolute atomic E-state index is 0.0667. The number of thioether (sulfide) groups is 1. The molecule has 1 N–H and O–H groups in total. The zero-order chi connectivity index (χ0) is 21.5. The molecule has 0 spiro atoms. The number of nitrogens with zero attached hydrogens (tertiary/aromatic N) is 3. The molecule has 158 valence electrons. The molecule has 7 heteroatoms. The lowest BCUT2D eigenvalue weighted by atomic mass is 10.1. The fraction of sp³-hybridized carbons (Fsp3) is 0.348. The van der Waals surface area contributed by atoms with Gasteiger partial charge in [-0.15, -0.1) is 10.2 Å². The molecule has 1 aromatic heterocycles. The molecule has 1 amide bonds. The lowest BCUT2D eigenvalue weighted by Gasteiger charge is -2.10. The van der Waals surface area contributed by atoms with E-state index >= 15 is 0 Å². The number of hydrogen-bond donors (Lipinski definition) is 1. The van der Waals surface area contributed by atoms with Gasteiger partial charge in [0.1, 0.15) is 12.4 Å². The van der Waals surface area contributed by atoms with Crippen molar-refractivity contribution in [2.75, 3.05) is 11.1 Å². The SMILES string of the molecule is CCc1ccc(NC(=O)CSc2nnc(COc3cc(C)cc(C)c3)n2CC)cc1. The van der Waals surface area contributed by atoms with Crippen molar-refractivity contribution in [3.05, 3.63) is 65.0 Å². The summed E-state index contributed by atoms with van der Waals surface area (Å²) >= 11 is 1.38. The third kappa shape index (κ3) is 5.86. The van der Waals surface area contributed by atoms with Gasteiger partial charge in [-0.1, -0.05) is 36.9 Å². The van der Waals surface area contributed by atoms with Gasteiger partial charge < -0.3 is 14.6 Å². The Morgan fingerprint density at radius 2 is 1.77 bits per heavy atom. The Balaban J connectivity index is 1.57. The third-order valence-corrected chi connectivity index (χ3v) is 5.62. The van der Waals surface area contributed by atoms with Crippen LogP contribution in [0.1, 0.15) is 36.4 Å². The van der Waals surface area contributed by atoms with E-state index in [1.165, 1.54) is 17.3 Å². The predicted octanol–water partition coefficient (Wildman–Crippen LogP) is 4.79. The van der Waals surface area contributed by atoms with E-state index in [9.17, 15) is 4.79 Å². The third-order valence-electron chi connectivity index (χ3n) is 4.65. The van der Waals surface area contributed by atoms with E-state index in [2.05, 4.69) is 28.5 Å². The van der Waals surface area contributed by atoms with Crippen LogP contribution in [0.25, 0.3) is 0 Å². The summed E-state index contributed by atoms with van der Waals surface area (Å²) in [5, 5.41) is 12.2. The van der Waals surface area contributed by atoms with Crippen LogP contribution in [0.2, 0.25) is 0 Å². The van der Waals surface area contributed by atoms with Crippen molar-refractivity contribution in [1.29, 1.82) is 0 Å². The van der Waals surface area contributed by atoms with Crippen molar-refractivity contribution in [2.45, 2.75) is 52.4 Å². The first-order valence-electron chi connectivity index (χ1n) is 10.1. The molecule has 3 rings (SSSR count). The van der Waals surface area contributed by atoms with E-state index in [4.69, 9.17) is 4.74 Å². The van der Waals surface area contributed by atoms with Crippen LogP contribution in [0, 0.1) is 13.8 Å². The fourth-order valence-electron chi connectivity index (χ4n) is 3.17.